The first-order chi connectivity index (χ1) is 16.6. The van der Waals surface area contributed by atoms with Gasteiger partial charge in [0, 0.05) is 12.4 Å². The maximum atomic E-state index is 13.4. The summed E-state index contributed by atoms with van der Waals surface area (Å²) in [5, 5.41) is 27.4. The summed E-state index contributed by atoms with van der Waals surface area (Å²) in [4.78, 5) is 47.0. The zero-order valence-electron chi connectivity index (χ0n) is 20.5. The van der Waals surface area contributed by atoms with Crippen molar-refractivity contribution in [2.75, 3.05) is 0 Å². The quantitative estimate of drug-likeness (QED) is 0.283. The van der Waals surface area contributed by atoms with Crippen molar-refractivity contribution in [3.8, 4) is 0 Å². The highest BCUT2D eigenvalue weighted by molar-refractivity contribution is 6.43. The van der Waals surface area contributed by atoms with Gasteiger partial charge in [-0.15, -0.1) is 0 Å². The molecule has 1 heterocycles. The summed E-state index contributed by atoms with van der Waals surface area (Å²) in [6, 6.07) is 6.61. The molecule has 0 aliphatic heterocycles. The smallest absolute Gasteiger partial charge is 0.426 e. The van der Waals surface area contributed by atoms with Crippen molar-refractivity contribution in [1.29, 1.82) is 0 Å². The van der Waals surface area contributed by atoms with Crippen molar-refractivity contribution in [1.82, 2.24) is 25.9 Å². The van der Waals surface area contributed by atoms with Crippen LogP contribution in [0, 0.1) is 11.8 Å². The number of benzene rings is 1. The molecule has 0 aliphatic rings. The lowest BCUT2D eigenvalue weighted by atomic mass is 9.75. The molecule has 0 bridgehead atoms. The van der Waals surface area contributed by atoms with Crippen molar-refractivity contribution >= 4 is 24.8 Å². The lowest BCUT2D eigenvalue weighted by Crippen LogP contribution is -2.56. The molecule has 3 amide bonds. The summed E-state index contributed by atoms with van der Waals surface area (Å²) in [7, 11) is -1.74. The van der Waals surface area contributed by atoms with E-state index in [-0.39, 0.29) is 17.5 Å². The van der Waals surface area contributed by atoms with Gasteiger partial charge < -0.3 is 26.0 Å². The number of hydrogen-bond donors (Lipinski definition) is 5. The average molecular weight is 483 g/mol. The molecule has 10 nitrogen and oxygen atoms in total. The van der Waals surface area contributed by atoms with E-state index in [9.17, 15) is 24.4 Å². The van der Waals surface area contributed by atoms with Gasteiger partial charge in [-0.2, -0.15) is 0 Å². The Morgan fingerprint density at radius 1 is 0.886 bits per heavy atom. The second kappa shape index (κ2) is 13.5. The lowest BCUT2D eigenvalue weighted by Gasteiger charge is -2.27. The first-order valence-corrected chi connectivity index (χ1v) is 11.7. The van der Waals surface area contributed by atoms with Gasteiger partial charge in [-0.1, -0.05) is 58.0 Å². The summed E-state index contributed by atoms with van der Waals surface area (Å²) >= 11 is 0. The van der Waals surface area contributed by atoms with Gasteiger partial charge in [0.15, 0.2) is 0 Å². The predicted molar refractivity (Wildman–Crippen MR) is 132 cm³/mol. The monoisotopic (exact) mass is 483 g/mol. The predicted octanol–water partition coefficient (Wildman–Crippen LogP) is 1.02. The number of rotatable bonds is 12. The maximum absolute atomic E-state index is 13.4. The van der Waals surface area contributed by atoms with Crippen LogP contribution in [-0.2, 0) is 9.59 Å². The number of aromatic nitrogens is 2. The van der Waals surface area contributed by atoms with Gasteiger partial charge in [0.2, 0.25) is 11.8 Å². The van der Waals surface area contributed by atoms with Crippen LogP contribution >= 0.6 is 0 Å². The van der Waals surface area contributed by atoms with Gasteiger partial charge in [-0.05, 0) is 30.2 Å². The van der Waals surface area contributed by atoms with Crippen LogP contribution in [0.15, 0.2) is 48.9 Å². The molecule has 0 saturated heterocycles. The first-order valence-electron chi connectivity index (χ1n) is 11.7. The van der Waals surface area contributed by atoms with Crippen molar-refractivity contribution < 1.29 is 24.4 Å². The Morgan fingerprint density at radius 3 is 2.09 bits per heavy atom. The van der Waals surface area contributed by atoms with E-state index in [1.807, 2.05) is 27.7 Å². The number of amides is 3. The van der Waals surface area contributed by atoms with E-state index in [1.54, 1.807) is 30.3 Å². The first kappa shape index (κ1) is 27.9. The Kier molecular flexibility index (Phi) is 10.8. The molecule has 0 radical (unpaired) electrons. The second-order valence-corrected chi connectivity index (χ2v) is 9.26. The number of nitrogens with one attached hydrogen (secondary N) is 3. The lowest BCUT2D eigenvalue weighted by molar-refractivity contribution is -0.130. The molecule has 2 aromatic rings. The number of hydrogen-bond acceptors (Lipinski definition) is 7. The molecule has 0 spiro atoms. The van der Waals surface area contributed by atoms with Gasteiger partial charge >= 0.3 is 7.12 Å². The molecule has 3 atom stereocenters. The van der Waals surface area contributed by atoms with Crippen molar-refractivity contribution in [2.24, 2.45) is 11.8 Å². The fourth-order valence-electron chi connectivity index (χ4n) is 3.57. The van der Waals surface area contributed by atoms with Crippen LogP contribution in [0.3, 0.4) is 0 Å². The SMILES string of the molecule is CC(C)CC(NC(=O)[C@H](CC(C)C)NC(=O)[C@@H](NC(=O)c1cnccn1)c1ccccc1)B(O)O. The van der Waals surface area contributed by atoms with Gasteiger partial charge in [-0.25, -0.2) is 4.98 Å². The summed E-state index contributed by atoms with van der Waals surface area (Å²) in [5.74, 6) is -2.42. The van der Waals surface area contributed by atoms with E-state index in [2.05, 4.69) is 25.9 Å². The largest absolute Gasteiger partial charge is 0.475 e. The van der Waals surface area contributed by atoms with E-state index in [0.717, 1.165) is 0 Å². The Labute approximate surface area is 206 Å². The Hall–Kier alpha value is -3.31. The minimum Gasteiger partial charge on any atom is -0.426 e. The molecule has 188 valence electrons. The zero-order chi connectivity index (χ0) is 26.0. The molecule has 0 fully saturated rings. The normalized spacial score (nSPS) is 13.6. The van der Waals surface area contributed by atoms with Gasteiger partial charge in [0.05, 0.1) is 12.1 Å². The maximum Gasteiger partial charge on any atom is 0.475 e. The molecule has 1 aromatic carbocycles. The highest BCUT2D eigenvalue weighted by atomic mass is 16.4. The van der Waals surface area contributed by atoms with E-state index in [1.165, 1.54) is 18.6 Å². The fraction of sp³-hybridized carbons (Fsp3) is 0.458. The Morgan fingerprint density at radius 2 is 1.54 bits per heavy atom. The molecule has 1 unspecified atom stereocenters. The van der Waals surface area contributed by atoms with E-state index in [4.69, 9.17) is 0 Å². The molecule has 1 aromatic heterocycles. The van der Waals surface area contributed by atoms with E-state index < -0.39 is 42.9 Å². The number of carbonyl (C=O) groups is 3. The average Bonchev–Trinajstić information content (AvgIpc) is 2.81. The molecule has 2 rings (SSSR count). The molecule has 5 N–H and O–H groups in total. The highest BCUT2D eigenvalue weighted by Crippen LogP contribution is 2.16. The van der Waals surface area contributed by atoms with Gasteiger partial charge in [0.1, 0.15) is 17.8 Å². The Balaban J connectivity index is 2.25. The minimum absolute atomic E-state index is 0.0474. The van der Waals surface area contributed by atoms with Crippen LogP contribution in [0.1, 0.15) is 62.6 Å². The summed E-state index contributed by atoms with van der Waals surface area (Å²) in [5.41, 5.74) is 0.570. The van der Waals surface area contributed by atoms with Crippen LogP contribution in [0.2, 0.25) is 0 Å². The van der Waals surface area contributed by atoms with Crippen molar-refractivity contribution in [3.63, 3.8) is 0 Å². The third-order valence-corrected chi connectivity index (χ3v) is 5.22. The standard InChI is InChI=1S/C24H34BN5O5/c1-15(2)12-18(22(31)29-20(25(34)35)13-16(3)4)28-24(33)21(17-8-6-5-7-9-17)30-23(32)19-14-26-10-11-27-19/h5-11,14-16,18,20-21,34-35H,12-13H2,1-4H3,(H,28,33)(H,29,31)(H,30,32)/t18-,20?,21-/m0/s1. The van der Waals surface area contributed by atoms with Crippen molar-refractivity contribution in [3.05, 3.63) is 60.2 Å². The molecular weight excluding hydrogens is 449 g/mol. The van der Waals surface area contributed by atoms with Crippen LogP contribution in [0.4, 0.5) is 0 Å². The van der Waals surface area contributed by atoms with Crippen LogP contribution in [0.5, 0.6) is 0 Å². The van der Waals surface area contributed by atoms with Crippen molar-refractivity contribution in [2.45, 2.75) is 58.6 Å². The summed E-state index contributed by atoms with van der Waals surface area (Å²) < 4.78 is 0. The highest BCUT2D eigenvalue weighted by Gasteiger charge is 2.32. The minimum atomic E-state index is -1.74. The molecule has 0 aliphatic carbocycles. The summed E-state index contributed by atoms with van der Waals surface area (Å²) in [6.45, 7) is 7.62. The third-order valence-electron chi connectivity index (χ3n) is 5.22. The summed E-state index contributed by atoms with van der Waals surface area (Å²) in [6.07, 6.45) is 4.76. The topological polar surface area (TPSA) is 154 Å². The van der Waals surface area contributed by atoms with E-state index >= 15 is 0 Å². The molecule has 11 heteroatoms. The third kappa shape index (κ3) is 9.10. The fourth-order valence-corrected chi connectivity index (χ4v) is 3.57. The molecular formula is C24H34BN5O5. The number of carbonyl (C=O) groups excluding carboxylic acids is 3. The molecule has 0 saturated carbocycles. The van der Waals surface area contributed by atoms with E-state index in [0.29, 0.717) is 18.4 Å². The Bertz CT molecular complexity index is 959. The zero-order valence-corrected chi connectivity index (χ0v) is 20.5. The second-order valence-electron chi connectivity index (χ2n) is 9.26. The van der Waals surface area contributed by atoms with Gasteiger partial charge in [0.25, 0.3) is 5.91 Å². The van der Waals surface area contributed by atoms with Crippen LogP contribution in [0.25, 0.3) is 0 Å². The van der Waals surface area contributed by atoms with Crippen LogP contribution in [-0.4, -0.2) is 56.8 Å². The molecule has 35 heavy (non-hydrogen) atoms. The van der Waals surface area contributed by atoms with Gasteiger partial charge in [-0.3, -0.25) is 19.4 Å². The number of nitrogens with zero attached hydrogens (tertiary/aromatic N) is 2. The van der Waals surface area contributed by atoms with Crippen LogP contribution < -0.4 is 16.0 Å².